The molecule has 2 aromatic rings. The van der Waals surface area contributed by atoms with E-state index in [2.05, 4.69) is 18.9 Å². The Bertz CT molecular complexity index is 743. The second-order valence-corrected chi connectivity index (χ2v) is 5.65. The predicted octanol–water partition coefficient (Wildman–Crippen LogP) is 1.25. The minimum absolute atomic E-state index is 0.188. The van der Waals surface area contributed by atoms with Gasteiger partial charge in [-0.3, -0.25) is 14.0 Å². The van der Waals surface area contributed by atoms with E-state index in [0.717, 1.165) is 10.2 Å². The van der Waals surface area contributed by atoms with E-state index < -0.39 is 5.97 Å². The lowest BCUT2D eigenvalue weighted by atomic mass is 10.1. The highest BCUT2D eigenvalue weighted by Crippen LogP contribution is 2.19. The average molecular weight is 306 g/mol. The van der Waals surface area contributed by atoms with E-state index in [1.807, 2.05) is 26.4 Å². The molecule has 0 N–H and O–H groups in total. The van der Waals surface area contributed by atoms with Gasteiger partial charge in [0, 0.05) is 20.3 Å². The van der Waals surface area contributed by atoms with Crippen LogP contribution in [0.3, 0.4) is 0 Å². The molecule has 0 aliphatic carbocycles. The van der Waals surface area contributed by atoms with Crippen LogP contribution in [0, 0.1) is 0 Å². The van der Waals surface area contributed by atoms with Crippen LogP contribution in [0.1, 0.15) is 32.3 Å². The molecule has 0 unspecified atom stereocenters. The normalized spacial score (nSPS) is 11.2. The standard InChI is InChI=1S/C15H22N4O3/c1-6-22-13(20)9-19-14(21)12-7-11(10(2)3)8-18(12)15(16-19)17(4)5/h7-8,10H,6,9H2,1-5H3. The molecule has 2 rings (SSSR count). The van der Waals surface area contributed by atoms with Gasteiger partial charge in [-0.05, 0) is 24.5 Å². The summed E-state index contributed by atoms with van der Waals surface area (Å²) in [7, 11) is 3.69. The molecule has 0 bridgehead atoms. The molecule has 0 radical (unpaired) electrons. The quantitative estimate of drug-likeness (QED) is 0.778. The monoisotopic (exact) mass is 306 g/mol. The Hall–Kier alpha value is -2.31. The Morgan fingerprint density at radius 2 is 2.09 bits per heavy atom. The zero-order chi connectivity index (χ0) is 16.4. The molecule has 0 spiro atoms. The number of hydrogen-bond acceptors (Lipinski definition) is 5. The zero-order valence-corrected chi connectivity index (χ0v) is 13.7. The first kappa shape index (κ1) is 16.1. The fraction of sp³-hybridized carbons (Fsp3) is 0.533. The lowest BCUT2D eigenvalue weighted by Crippen LogP contribution is -2.31. The summed E-state index contributed by atoms with van der Waals surface area (Å²) in [5.41, 5.74) is 1.26. The third-order valence-electron chi connectivity index (χ3n) is 3.37. The van der Waals surface area contributed by atoms with Gasteiger partial charge in [-0.2, -0.15) is 0 Å². The molecule has 7 nitrogen and oxygen atoms in total. The van der Waals surface area contributed by atoms with Gasteiger partial charge in [-0.15, -0.1) is 5.10 Å². The Morgan fingerprint density at radius 3 is 2.64 bits per heavy atom. The van der Waals surface area contributed by atoms with Gasteiger partial charge in [0.1, 0.15) is 12.1 Å². The van der Waals surface area contributed by atoms with Crippen LogP contribution in [-0.2, 0) is 16.1 Å². The number of esters is 1. The fourth-order valence-corrected chi connectivity index (χ4v) is 2.20. The predicted molar refractivity (Wildman–Crippen MR) is 84.5 cm³/mol. The first-order valence-corrected chi connectivity index (χ1v) is 7.31. The number of aromatic nitrogens is 3. The topological polar surface area (TPSA) is 68.8 Å². The van der Waals surface area contributed by atoms with Crippen molar-refractivity contribution >= 4 is 17.4 Å². The number of nitrogens with zero attached hydrogens (tertiary/aromatic N) is 4. The molecule has 0 aromatic carbocycles. The van der Waals surface area contributed by atoms with Crippen LogP contribution >= 0.6 is 0 Å². The molecule has 120 valence electrons. The van der Waals surface area contributed by atoms with Crippen molar-refractivity contribution in [3.05, 3.63) is 28.2 Å². The molecule has 0 aliphatic rings. The van der Waals surface area contributed by atoms with Crippen molar-refractivity contribution in [2.75, 3.05) is 25.6 Å². The summed E-state index contributed by atoms with van der Waals surface area (Å²) in [6.07, 6.45) is 1.92. The van der Waals surface area contributed by atoms with Gasteiger partial charge >= 0.3 is 5.97 Å². The highest BCUT2D eigenvalue weighted by Gasteiger charge is 2.16. The van der Waals surface area contributed by atoms with Crippen LogP contribution in [0.4, 0.5) is 5.95 Å². The molecule has 2 heterocycles. The maximum atomic E-state index is 12.5. The van der Waals surface area contributed by atoms with Crippen LogP contribution in [-0.4, -0.2) is 40.9 Å². The van der Waals surface area contributed by atoms with Crippen molar-refractivity contribution in [1.29, 1.82) is 0 Å². The van der Waals surface area contributed by atoms with E-state index in [-0.39, 0.29) is 18.7 Å². The van der Waals surface area contributed by atoms with Crippen molar-refractivity contribution in [2.45, 2.75) is 33.2 Å². The Morgan fingerprint density at radius 1 is 1.41 bits per heavy atom. The fourth-order valence-electron chi connectivity index (χ4n) is 2.20. The molecule has 0 saturated heterocycles. The van der Waals surface area contributed by atoms with Gasteiger partial charge in [0.2, 0.25) is 5.95 Å². The van der Waals surface area contributed by atoms with E-state index in [1.165, 1.54) is 0 Å². The summed E-state index contributed by atoms with van der Waals surface area (Å²) in [5, 5.41) is 4.29. The number of hydrogen-bond donors (Lipinski definition) is 0. The van der Waals surface area contributed by atoms with Crippen molar-refractivity contribution in [1.82, 2.24) is 14.2 Å². The molecule has 7 heteroatoms. The van der Waals surface area contributed by atoms with Crippen molar-refractivity contribution in [3.63, 3.8) is 0 Å². The number of ether oxygens (including phenoxy) is 1. The smallest absolute Gasteiger partial charge is 0.327 e. The number of fused-ring (bicyclic) bond motifs is 1. The minimum Gasteiger partial charge on any atom is -0.465 e. The van der Waals surface area contributed by atoms with E-state index in [0.29, 0.717) is 17.4 Å². The molecule has 22 heavy (non-hydrogen) atoms. The number of anilines is 1. The largest absolute Gasteiger partial charge is 0.465 e. The summed E-state index contributed by atoms with van der Waals surface area (Å²) in [6.45, 7) is 5.94. The average Bonchev–Trinajstić information content (AvgIpc) is 2.87. The lowest BCUT2D eigenvalue weighted by molar-refractivity contribution is -0.144. The first-order chi connectivity index (χ1) is 10.3. The Balaban J connectivity index is 2.61. The molecule has 0 atom stereocenters. The molecular formula is C15H22N4O3. The van der Waals surface area contributed by atoms with Gasteiger partial charge in [-0.25, -0.2) is 4.68 Å². The van der Waals surface area contributed by atoms with Gasteiger partial charge in [0.05, 0.1) is 6.61 Å². The highest BCUT2D eigenvalue weighted by atomic mass is 16.5. The van der Waals surface area contributed by atoms with Crippen molar-refractivity contribution < 1.29 is 9.53 Å². The number of rotatable bonds is 5. The second-order valence-electron chi connectivity index (χ2n) is 5.65. The van der Waals surface area contributed by atoms with Crippen LogP contribution in [0.2, 0.25) is 0 Å². The van der Waals surface area contributed by atoms with Gasteiger partial charge < -0.3 is 9.64 Å². The number of carbonyl (C=O) groups is 1. The van der Waals surface area contributed by atoms with Crippen LogP contribution in [0.5, 0.6) is 0 Å². The summed E-state index contributed by atoms with van der Waals surface area (Å²) < 4.78 is 7.82. The second kappa shape index (κ2) is 6.21. The highest BCUT2D eigenvalue weighted by molar-refractivity contribution is 5.69. The summed E-state index contributed by atoms with van der Waals surface area (Å²) in [5.74, 6) is 0.417. The third-order valence-corrected chi connectivity index (χ3v) is 3.37. The Labute approximate surface area is 129 Å². The molecule has 2 aromatic heterocycles. The number of carbonyl (C=O) groups excluding carboxylic acids is 1. The summed E-state index contributed by atoms with van der Waals surface area (Å²) in [6, 6.07) is 1.85. The summed E-state index contributed by atoms with van der Waals surface area (Å²) in [4.78, 5) is 26.0. The van der Waals surface area contributed by atoms with E-state index >= 15 is 0 Å². The molecule has 0 saturated carbocycles. The summed E-state index contributed by atoms with van der Waals surface area (Å²) >= 11 is 0. The first-order valence-electron chi connectivity index (χ1n) is 7.31. The third kappa shape index (κ3) is 2.98. The minimum atomic E-state index is -0.471. The van der Waals surface area contributed by atoms with Crippen molar-refractivity contribution in [3.8, 4) is 0 Å². The maximum Gasteiger partial charge on any atom is 0.327 e. The lowest BCUT2D eigenvalue weighted by Gasteiger charge is -2.15. The van der Waals surface area contributed by atoms with E-state index in [1.54, 1.807) is 16.2 Å². The zero-order valence-electron chi connectivity index (χ0n) is 13.7. The van der Waals surface area contributed by atoms with Crippen LogP contribution in [0.25, 0.3) is 5.52 Å². The molecular weight excluding hydrogens is 284 g/mol. The molecule has 0 aliphatic heterocycles. The maximum absolute atomic E-state index is 12.5. The van der Waals surface area contributed by atoms with E-state index in [4.69, 9.17) is 4.74 Å². The van der Waals surface area contributed by atoms with Gasteiger partial charge in [0.25, 0.3) is 5.56 Å². The molecule has 0 fully saturated rings. The SMILES string of the molecule is CCOC(=O)Cn1nc(N(C)C)n2cc(C(C)C)cc2c1=O. The van der Waals surface area contributed by atoms with E-state index in [9.17, 15) is 9.59 Å². The van der Waals surface area contributed by atoms with Gasteiger partial charge in [0.15, 0.2) is 0 Å². The molecule has 0 amide bonds. The van der Waals surface area contributed by atoms with Crippen molar-refractivity contribution in [2.24, 2.45) is 0 Å². The Kier molecular flexibility index (Phi) is 4.54. The van der Waals surface area contributed by atoms with Gasteiger partial charge in [-0.1, -0.05) is 13.8 Å². The van der Waals surface area contributed by atoms with Crippen LogP contribution in [0.15, 0.2) is 17.1 Å². The van der Waals surface area contributed by atoms with Crippen LogP contribution < -0.4 is 10.5 Å².